The van der Waals surface area contributed by atoms with Crippen LogP contribution in [0.5, 0.6) is 5.95 Å². The molecule has 3 rings (SSSR count). The average Bonchev–Trinajstić information content (AvgIpc) is 2.47. The van der Waals surface area contributed by atoms with Crippen molar-refractivity contribution in [2.45, 2.75) is 6.92 Å². The maximum absolute atomic E-state index is 12.8. The van der Waals surface area contributed by atoms with Gasteiger partial charge in [-0.1, -0.05) is 42.5 Å². The molecule has 3 heteroatoms. The maximum Gasteiger partial charge on any atom is 0.296 e. The lowest BCUT2D eigenvalue weighted by molar-refractivity contribution is 0.312. The minimum Gasteiger partial charge on any atom is -0.468 e. The molecule has 0 saturated carbocycles. The largest absolute Gasteiger partial charge is 0.468 e. The quantitative estimate of drug-likeness (QED) is 0.708. The van der Waals surface area contributed by atoms with Gasteiger partial charge in [0.05, 0.1) is 12.5 Å². The van der Waals surface area contributed by atoms with Crippen LogP contribution in [-0.2, 0) is 0 Å². The molecule has 1 heterocycles. The predicted octanol–water partition coefficient (Wildman–Crippen LogP) is 3.78. The van der Waals surface area contributed by atoms with E-state index in [1.807, 2.05) is 49.4 Å². The highest BCUT2D eigenvalue weighted by molar-refractivity contribution is 5.86. The van der Waals surface area contributed by atoms with Crippen molar-refractivity contribution < 1.29 is 9.15 Å². The molecule has 3 aromatic rings. The zero-order valence-electron chi connectivity index (χ0n) is 11.3. The van der Waals surface area contributed by atoms with Gasteiger partial charge in [-0.2, -0.15) is 0 Å². The molecule has 0 aliphatic heterocycles. The van der Waals surface area contributed by atoms with Crippen LogP contribution in [0.4, 0.5) is 0 Å². The lowest BCUT2D eigenvalue weighted by Crippen LogP contribution is -2.08. The van der Waals surface area contributed by atoms with Crippen LogP contribution in [0.1, 0.15) is 5.56 Å². The Morgan fingerprint density at radius 2 is 1.75 bits per heavy atom. The molecular weight excluding hydrogens is 252 g/mol. The first kappa shape index (κ1) is 12.5. The van der Waals surface area contributed by atoms with Crippen LogP contribution in [0.2, 0.25) is 0 Å². The van der Waals surface area contributed by atoms with Gasteiger partial charge in [-0.05, 0) is 24.1 Å². The van der Waals surface area contributed by atoms with Gasteiger partial charge in [0.2, 0.25) is 5.43 Å². The van der Waals surface area contributed by atoms with Crippen molar-refractivity contribution in [3.05, 3.63) is 64.3 Å². The topological polar surface area (TPSA) is 39.4 Å². The lowest BCUT2D eigenvalue weighted by atomic mass is 10.0. The highest BCUT2D eigenvalue weighted by Crippen LogP contribution is 2.30. The molecule has 0 amide bonds. The summed E-state index contributed by atoms with van der Waals surface area (Å²) >= 11 is 0. The van der Waals surface area contributed by atoms with Crippen molar-refractivity contribution in [2.75, 3.05) is 7.11 Å². The number of aryl methyl sites for hydroxylation is 1. The molecule has 0 aliphatic carbocycles. The van der Waals surface area contributed by atoms with E-state index in [0.29, 0.717) is 16.5 Å². The first-order valence-corrected chi connectivity index (χ1v) is 6.38. The predicted molar refractivity (Wildman–Crippen MR) is 79.2 cm³/mol. The molecule has 0 radical (unpaired) electrons. The van der Waals surface area contributed by atoms with Crippen molar-refractivity contribution in [2.24, 2.45) is 0 Å². The summed E-state index contributed by atoms with van der Waals surface area (Å²) in [6, 6.07) is 15.0. The molecule has 0 N–H and O–H groups in total. The van der Waals surface area contributed by atoms with E-state index < -0.39 is 0 Å². The first-order valence-electron chi connectivity index (χ1n) is 6.38. The third-order valence-electron chi connectivity index (χ3n) is 3.34. The standard InChI is InChI=1S/C17H14O3/c1-11-7-6-10-13-14(11)16(18)15(17(19-2)20-13)12-8-4-3-5-9-12/h3-10H,1-2H3. The molecule has 0 unspecified atom stereocenters. The van der Waals surface area contributed by atoms with E-state index in [9.17, 15) is 4.79 Å². The van der Waals surface area contributed by atoms with Gasteiger partial charge < -0.3 is 9.15 Å². The highest BCUT2D eigenvalue weighted by Gasteiger charge is 2.17. The summed E-state index contributed by atoms with van der Waals surface area (Å²) in [6.07, 6.45) is 0. The molecule has 0 fully saturated rings. The fraction of sp³-hybridized carbons (Fsp3) is 0.118. The van der Waals surface area contributed by atoms with E-state index in [1.165, 1.54) is 7.11 Å². The molecule has 3 nitrogen and oxygen atoms in total. The van der Waals surface area contributed by atoms with E-state index in [4.69, 9.17) is 9.15 Å². The van der Waals surface area contributed by atoms with E-state index >= 15 is 0 Å². The van der Waals surface area contributed by atoms with Gasteiger partial charge in [0.25, 0.3) is 5.95 Å². The first-order chi connectivity index (χ1) is 9.72. The van der Waals surface area contributed by atoms with Crippen molar-refractivity contribution in [3.8, 4) is 17.1 Å². The zero-order chi connectivity index (χ0) is 14.1. The van der Waals surface area contributed by atoms with Crippen LogP contribution in [0, 0.1) is 6.92 Å². The van der Waals surface area contributed by atoms with Crippen LogP contribution in [-0.4, -0.2) is 7.11 Å². The summed E-state index contributed by atoms with van der Waals surface area (Å²) in [5.74, 6) is 0.249. The minimum absolute atomic E-state index is 0.0626. The van der Waals surface area contributed by atoms with Crippen LogP contribution in [0.15, 0.2) is 57.7 Å². The smallest absolute Gasteiger partial charge is 0.296 e. The highest BCUT2D eigenvalue weighted by atomic mass is 16.6. The van der Waals surface area contributed by atoms with Crippen molar-refractivity contribution in [1.82, 2.24) is 0 Å². The second-order valence-electron chi connectivity index (χ2n) is 4.61. The second-order valence-corrected chi connectivity index (χ2v) is 4.61. The Morgan fingerprint density at radius 1 is 1.00 bits per heavy atom. The number of methoxy groups -OCH3 is 1. The van der Waals surface area contributed by atoms with Crippen LogP contribution >= 0.6 is 0 Å². The zero-order valence-corrected chi connectivity index (χ0v) is 11.3. The summed E-state index contributed by atoms with van der Waals surface area (Å²) < 4.78 is 11.0. The number of rotatable bonds is 2. The molecule has 100 valence electrons. The van der Waals surface area contributed by atoms with Crippen LogP contribution < -0.4 is 10.2 Å². The van der Waals surface area contributed by atoms with E-state index in [2.05, 4.69) is 0 Å². The van der Waals surface area contributed by atoms with Gasteiger partial charge in [0, 0.05) is 0 Å². The Balaban J connectivity index is 2.45. The monoisotopic (exact) mass is 266 g/mol. The summed E-state index contributed by atoms with van der Waals surface area (Å²) in [7, 11) is 1.51. The Hall–Kier alpha value is -2.55. The molecule has 1 aromatic heterocycles. The van der Waals surface area contributed by atoms with Gasteiger partial charge >= 0.3 is 0 Å². The van der Waals surface area contributed by atoms with E-state index in [-0.39, 0.29) is 11.4 Å². The average molecular weight is 266 g/mol. The molecule has 0 aliphatic rings. The van der Waals surface area contributed by atoms with Crippen molar-refractivity contribution >= 4 is 11.0 Å². The molecule has 0 atom stereocenters. The number of benzene rings is 2. The van der Waals surface area contributed by atoms with Gasteiger partial charge in [-0.25, -0.2) is 0 Å². The molecule has 0 bridgehead atoms. The van der Waals surface area contributed by atoms with E-state index in [1.54, 1.807) is 6.07 Å². The van der Waals surface area contributed by atoms with Crippen molar-refractivity contribution in [1.29, 1.82) is 0 Å². The second kappa shape index (κ2) is 4.85. The third-order valence-corrected chi connectivity index (χ3v) is 3.34. The van der Waals surface area contributed by atoms with Gasteiger partial charge in [0.15, 0.2) is 0 Å². The summed E-state index contributed by atoms with van der Waals surface area (Å²) in [5, 5.41) is 0.604. The SMILES string of the molecule is COc1oc2cccc(C)c2c(=O)c1-c1ccccc1. The Kier molecular flexibility index (Phi) is 3.03. The van der Waals surface area contributed by atoms with Gasteiger partial charge in [0.1, 0.15) is 11.1 Å². The number of hydrogen-bond donors (Lipinski definition) is 0. The minimum atomic E-state index is -0.0626. The normalized spacial score (nSPS) is 10.7. The Labute approximate surface area is 116 Å². The van der Waals surface area contributed by atoms with Crippen molar-refractivity contribution in [3.63, 3.8) is 0 Å². The fourth-order valence-electron chi connectivity index (χ4n) is 2.38. The number of ether oxygens (including phenoxy) is 1. The Morgan fingerprint density at radius 3 is 2.45 bits per heavy atom. The molecular formula is C17H14O3. The lowest BCUT2D eigenvalue weighted by Gasteiger charge is -2.09. The molecule has 0 spiro atoms. The molecule has 0 saturated heterocycles. The summed E-state index contributed by atoms with van der Waals surface area (Å²) in [4.78, 5) is 12.8. The van der Waals surface area contributed by atoms with Crippen LogP contribution in [0.25, 0.3) is 22.1 Å². The maximum atomic E-state index is 12.8. The summed E-state index contributed by atoms with van der Waals surface area (Å²) in [6.45, 7) is 1.90. The van der Waals surface area contributed by atoms with E-state index in [0.717, 1.165) is 11.1 Å². The fourth-order valence-corrected chi connectivity index (χ4v) is 2.38. The number of fused-ring (bicyclic) bond motifs is 1. The third kappa shape index (κ3) is 1.88. The summed E-state index contributed by atoms with van der Waals surface area (Å²) in [5.41, 5.74) is 2.65. The van der Waals surface area contributed by atoms with Gasteiger partial charge in [-0.3, -0.25) is 4.79 Å². The van der Waals surface area contributed by atoms with Crippen LogP contribution in [0.3, 0.4) is 0 Å². The number of hydrogen-bond acceptors (Lipinski definition) is 3. The molecule has 2 aromatic carbocycles. The van der Waals surface area contributed by atoms with Gasteiger partial charge in [-0.15, -0.1) is 0 Å². The Bertz CT molecular complexity index is 817. The molecule has 20 heavy (non-hydrogen) atoms.